The van der Waals surface area contributed by atoms with E-state index in [0.29, 0.717) is 25.6 Å². The fourth-order valence-electron chi connectivity index (χ4n) is 3.28. The molecule has 1 aromatic heterocycles. The van der Waals surface area contributed by atoms with Crippen LogP contribution >= 0.6 is 0 Å². The van der Waals surface area contributed by atoms with Crippen molar-refractivity contribution < 1.29 is 8.42 Å². The summed E-state index contributed by atoms with van der Waals surface area (Å²) in [5.74, 6) is 0.960. The second-order valence-corrected chi connectivity index (χ2v) is 8.70. The summed E-state index contributed by atoms with van der Waals surface area (Å²) in [6, 6.07) is 6.43. The van der Waals surface area contributed by atoms with Gasteiger partial charge in [0.1, 0.15) is 0 Å². The number of H-pyrrole nitrogens is 1. The number of aliphatic imine (C=N–C) groups is 1. The lowest BCUT2D eigenvalue weighted by Gasteiger charge is -2.16. The van der Waals surface area contributed by atoms with Gasteiger partial charge >= 0.3 is 0 Å². The van der Waals surface area contributed by atoms with E-state index in [9.17, 15) is 8.42 Å². The van der Waals surface area contributed by atoms with E-state index in [4.69, 9.17) is 0 Å². The Balaban J connectivity index is 1.45. The van der Waals surface area contributed by atoms with Crippen LogP contribution in [0, 0.1) is 6.92 Å². The number of guanidine groups is 1. The molecule has 1 fully saturated rings. The average molecular weight is 378 g/mol. The molecule has 0 bridgehead atoms. The molecule has 0 unspecified atom stereocenters. The van der Waals surface area contributed by atoms with Gasteiger partial charge < -0.3 is 15.6 Å². The van der Waals surface area contributed by atoms with E-state index in [1.807, 2.05) is 0 Å². The first kappa shape index (κ1) is 18.7. The van der Waals surface area contributed by atoms with Crippen molar-refractivity contribution in [3.63, 3.8) is 0 Å². The van der Waals surface area contributed by atoms with Crippen LogP contribution in [-0.4, -0.2) is 62.6 Å². The average Bonchev–Trinajstić information content (AvgIpc) is 3.16. The second kappa shape index (κ2) is 8.09. The quantitative estimate of drug-likeness (QED) is 0.522. The van der Waals surface area contributed by atoms with Crippen molar-refractivity contribution in [1.29, 1.82) is 0 Å². The Hall–Kier alpha value is -2.06. The second-order valence-electron chi connectivity index (χ2n) is 6.61. The molecule has 0 saturated carbocycles. The number of benzene rings is 1. The number of hydrogen-bond acceptors (Lipinski definition) is 3. The lowest BCUT2D eigenvalue weighted by molar-refractivity contribution is 0.445. The van der Waals surface area contributed by atoms with Crippen LogP contribution in [-0.2, 0) is 16.4 Å². The lowest BCUT2D eigenvalue weighted by atomic mass is 10.1. The highest BCUT2D eigenvalue weighted by Crippen LogP contribution is 2.19. The van der Waals surface area contributed by atoms with E-state index in [0.717, 1.165) is 24.9 Å². The predicted molar refractivity (Wildman–Crippen MR) is 106 cm³/mol. The Kier molecular flexibility index (Phi) is 5.83. The number of aryl methyl sites for hydroxylation is 1. The molecule has 0 atom stereocenters. The minimum Gasteiger partial charge on any atom is -0.361 e. The normalized spacial score (nSPS) is 17.7. The first-order valence-electron chi connectivity index (χ1n) is 8.98. The maximum Gasteiger partial charge on any atom is 0.214 e. The summed E-state index contributed by atoms with van der Waals surface area (Å²) in [5.41, 5.74) is 3.68. The fourth-order valence-corrected chi connectivity index (χ4v) is 4.81. The lowest BCUT2D eigenvalue weighted by Crippen LogP contribution is -2.42. The zero-order chi connectivity index (χ0) is 18.6. The molecule has 3 N–H and O–H groups in total. The van der Waals surface area contributed by atoms with Crippen LogP contribution in [0.5, 0.6) is 0 Å². The molecule has 2 heterocycles. The first-order chi connectivity index (χ1) is 12.5. The van der Waals surface area contributed by atoms with E-state index in [1.54, 1.807) is 11.4 Å². The number of fused-ring (bicyclic) bond motifs is 1. The number of nitrogens with one attached hydrogen (secondary N) is 3. The highest BCUT2D eigenvalue weighted by molar-refractivity contribution is 7.89. The van der Waals surface area contributed by atoms with Gasteiger partial charge in [0, 0.05) is 50.3 Å². The summed E-state index contributed by atoms with van der Waals surface area (Å²) in [4.78, 5) is 7.52. The fraction of sp³-hybridized carbons (Fsp3) is 0.500. The minimum atomic E-state index is -3.03. The van der Waals surface area contributed by atoms with Gasteiger partial charge in [-0.15, -0.1) is 0 Å². The van der Waals surface area contributed by atoms with Crippen molar-refractivity contribution >= 4 is 26.9 Å². The van der Waals surface area contributed by atoms with Crippen LogP contribution in [0.15, 0.2) is 29.4 Å². The molecule has 0 radical (unpaired) electrons. The van der Waals surface area contributed by atoms with Crippen molar-refractivity contribution in [2.45, 2.75) is 19.8 Å². The molecule has 8 heteroatoms. The third kappa shape index (κ3) is 4.37. The van der Waals surface area contributed by atoms with E-state index in [1.165, 1.54) is 16.5 Å². The van der Waals surface area contributed by atoms with Gasteiger partial charge in [0.15, 0.2) is 5.96 Å². The maximum absolute atomic E-state index is 11.8. The van der Waals surface area contributed by atoms with Crippen LogP contribution in [0.4, 0.5) is 0 Å². The van der Waals surface area contributed by atoms with Crippen molar-refractivity contribution in [1.82, 2.24) is 19.9 Å². The Labute approximate surface area is 154 Å². The molecule has 3 rings (SSSR count). The van der Waals surface area contributed by atoms with Crippen molar-refractivity contribution in [2.24, 2.45) is 4.99 Å². The number of rotatable bonds is 6. The minimum absolute atomic E-state index is 0.268. The molecule has 1 aliphatic rings. The largest absolute Gasteiger partial charge is 0.361 e. The highest BCUT2D eigenvalue weighted by atomic mass is 32.2. The van der Waals surface area contributed by atoms with Crippen LogP contribution in [0.1, 0.15) is 17.5 Å². The number of sulfonamides is 1. The molecule has 0 amide bonds. The van der Waals surface area contributed by atoms with E-state index >= 15 is 0 Å². The number of nitrogens with zero attached hydrogens (tertiary/aromatic N) is 2. The van der Waals surface area contributed by atoms with Gasteiger partial charge in [-0.25, -0.2) is 12.7 Å². The van der Waals surface area contributed by atoms with Gasteiger partial charge in [0.25, 0.3) is 0 Å². The maximum atomic E-state index is 11.8. The topological polar surface area (TPSA) is 89.6 Å². The molecule has 26 heavy (non-hydrogen) atoms. The molecule has 1 saturated heterocycles. The number of aromatic nitrogens is 1. The molecule has 7 nitrogen and oxygen atoms in total. The van der Waals surface area contributed by atoms with Gasteiger partial charge in [0.05, 0.1) is 5.75 Å². The van der Waals surface area contributed by atoms with Gasteiger partial charge in [0.2, 0.25) is 10.0 Å². The number of hydrogen-bond donors (Lipinski definition) is 3. The summed E-state index contributed by atoms with van der Waals surface area (Å²) in [7, 11) is -1.31. The molecular weight excluding hydrogens is 350 g/mol. The molecule has 142 valence electrons. The summed E-state index contributed by atoms with van der Waals surface area (Å²) in [5, 5.41) is 7.72. The number of aromatic amines is 1. The van der Waals surface area contributed by atoms with E-state index < -0.39 is 10.0 Å². The zero-order valence-corrected chi connectivity index (χ0v) is 16.2. The summed E-state index contributed by atoms with van der Waals surface area (Å²) >= 11 is 0. The standard InChI is InChI=1S/C18H27N5O2S/c1-14-4-5-16-15(13-22-17(16)12-14)6-7-20-18(19-2)21-8-10-23-9-3-11-26(23,24)25/h4-5,12-13,22H,3,6-11H2,1-2H3,(H2,19,20,21). The van der Waals surface area contributed by atoms with Gasteiger partial charge in [-0.05, 0) is 37.0 Å². The molecule has 0 aliphatic carbocycles. The highest BCUT2D eigenvalue weighted by Gasteiger charge is 2.27. The van der Waals surface area contributed by atoms with E-state index in [2.05, 4.69) is 51.9 Å². The van der Waals surface area contributed by atoms with E-state index in [-0.39, 0.29) is 5.75 Å². The van der Waals surface area contributed by atoms with Crippen LogP contribution in [0.2, 0.25) is 0 Å². The molecule has 0 spiro atoms. The molecule has 2 aromatic rings. The Morgan fingerprint density at radius 3 is 2.85 bits per heavy atom. The van der Waals surface area contributed by atoms with Crippen molar-refractivity contribution in [3.8, 4) is 0 Å². The Morgan fingerprint density at radius 1 is 1.31 bits per heavy atom. The SMILES string of the molecule is CN=C(NCCc1c[nH]c2cc(C)ccc12)NCCN1CCCS1(=O)=O. The monoisotopic (exact) mass is 377 g/mol. The van der Waals surface area contributed by atoms with Gasteiger partial charge in [-0.3, -0.25) is 4.99 Å². The van der Waals surface area contributed by atoms with Gasteiger partial charge in [-0.2, -0.15) is 0 Å². The summed E-state index contributed by atoms with van der Waals surface area (Å²) in [6.45, 7) is 4.49. The Morgan fingerprint density at radius 2 is 2.12 bits per heavy atom. The molecule has 1 aromatic carbocycles. The van der Waals surface area contributed by atoms with Crippen molar-refractivity contribution in [3.05, 3.63) is 35.5 Å². The van der Waals surface area contributed by atoms with Crippen molar-refractivity contribution in [2.75, 3.05) is 39.0 Å². The first-order valence-corrected chi connectivity index (χ1v) is 10.6. The molecule has 1 aliphatic heterocycles. The Bertz CT molecular complexity index is 888. The summed E-state index contributed by atoms with van der Waals surface area (Å²) < 4.78 is 25.1. The molecular formula is C18H27N5O2S. The van der Waals surface area contributed by atoms with Crippen LogP contribution in [0.25, 0.3) is 10.9 Å². The smallest absolute Gasteiger partial charge is 0.214 e. The zero-order valence-electron chi connectivity index (χ0n) is 15.4. The summed E-state index contributed by atoms with van der Waals surface area (Å²) in [6.07, 6.45) is 3.66. The third-order valence-corrected chi connectivity index (χ3v) is 6.65. The van der Waals surface area contributed by atoms with Crippen LogP contribution in [0.3, 0.4) is 0 Å². The van der Waals surface area contributed by atoms with Crippen LogP contribution < -0.4 is 10.6 Å². The predicted octanol–water partition coefficient (Wildman–Crippen LogP) is 1.22. The van der Waals surface area contributed by atoms with Gasteiger partial charge in [-0.1, -0.05) is 12.1 Å². The third-order valence-electron chi connectivity index (χ3n) is 4.69.